The Kier molecular flexibility index (Phi) is 3.76. The summed E-state index contributed by atoms with van der Waals surface area (Å²) in [6.45, 7) is 3.70. The van der Waals surface area contributed by atoms with Crippen molar-refractivity contribution in [1.82, 2.24) is 9.97 Å². The second kappa shape index (κ2) is 5.32. The number of nitrogens with two attached hydrogens (primary N) is 1. The van der Waals surface area contributed by atoms with Gasteiger partial charge in [-0.05, 0) is 43.1 Å². The number of methoxy groups -OCH3 is 1. The van der Waals surface area contributed by atoms with Crippen LogP contribution in [0.1, 0.15) is 11.3 Å². The van der Waals surface area contributed by atoms with Gasteiger partial charge in [-0.3, -0.25) is 0 Å². The van der Waals surface area contributed by atoms with Crippen LogP contribution < -0.4 is 15.2 Å². The molecule has 5 nitrogen and oxygen atoms in total. The lowest BCUT2D eigenvalue weighted by Gasteiger charge is -2.12. The maximum atomic E-state index is 5.87. The summed E-state index contributed by atoms with van der Waals surface area (Å²) in [4.78, 5) is 7.93. The first-order valence-corrected chi connectivity index (χ1v) is 6.01. The third kappa shape index (κ3) is 2.88. The first-order chi connectivity index (χ1) is 9.01. The molecule has 19 heavy (non-hydrogen) atoms. The molecule has 0 fully saturated rings. The van der Waals surface area contributed by atoms with Gasteiger partial charge in [0.25, 0.3) is 0 Å². The van der Waals surface area contributed by atoms with Crippen molar-refractivity contribution in [3.8, 4) is 17.4 Å². The summed E-state index contributed by atoms with van der Waals surface area (Å²) in [6.07, 6.45) is 0. The Balaban J connectivity index is 2.41. The standard InChI is InChI=1S/C13H14ClN3O2/c1-7-4-5-9(10(6-7)18-3)19-12-11(15)8(2)16-13(14)17-12/h4-6H,15H2,1-3H3. The Morgan fingerprint density at radius 1 is 1.16 bits per heavy atom. The Labute approximate surface area is 116 Å². The maximum absolute atomic E-state index is 5.87. The number of anilines is 1. The van der Waals surface area contributed by atoms with E-state index in [4.69, 9.17) is 26.8 Å². The molecule has 6 heteroatoms. The SMILES string of the molecule is COc1cc(C)ccc1Oc1nc(Cl)nc(C)c1N. The highest BCUT2D eigenvalue weighted by molar-refractivity contribution is 6.28. The van der Waals surface area contributed by atoms with Gasteiger partial charge in [0.1, 0.15) is 5.69 Å². The first kappa shape index (κ1) is 13.4. The molecule has 0 atom stereocenters. The predicted octanol–water partition coefficient (Wildman–Crippen LogP) is 3.13. The largest absolute Gasteiger partial charge is 0.493 e. The van der Waals surface area contributed by atoms with Crippen molar-refractivity contribution < 1.29 is 9.47 Å². The molecule has 0 saturated carbocycles. The van der Waals surface area contributed by atoms with Gasteiger partial charge < -0.3 is 15.2 Å². The molecular formula is C13H14ClN3O2. The van der Waals surface area contributed by atoms with E-state index in [1.54, 1.807) is 20.1 Å². The Bertz CT molecular complexity index is 617. The smallest absolute Gasteiger partial charge is 0.247 e. The zero-order valence-electron chi connectivity index (χ0n) is 10.9. The van der Waals surface area contributed by atoms with Crippen LogP contribution in [0.3, 0.4) is 0 Å². The van der Waals surface area contributed by atoms with E-state index in [9.17, 15) is 0 Å². The average molecular weight is 280 g/mol. The summed E-state index contributed by atoms with van der Waals surface area (Å²) in [7, 11) is 1.57. The summed E-state index contributed by atoms with van der Waals surface area (Å²) in [5, 5.41) is 0.0905. The van der Waals surface area contributed by atoms with Gasteiger partial charge in [0.2, 0.25) is 11.2 Å². The Morgan fingerprint density at radius 3 is 2.58 bits per heavy atom. The second-order valence-corrected chi connectivity index (χ2v) is 4.39. The lowest BCUT2D eigenvalue weighted by atomic mass is 10.2. The van der Waals surface area contributed by atoms with Gasteiger partial charge in [-0.25, -0.2) is 4.98 Å². The zero-order valence-corrected chi connectivity index (χ0v) is 11.7. The molecule has 1 aromatic carbocycles. The molecule has 0 aliphatic heterocycles. The molecule has 2 rings (SSSR count). The highest BCUT2D eigenvalue weighted by atomic mass is 35.5. The molecule has 100 valence electrons. The quantitative estimate of drug-likeness (QED) is 0.874. The zero-order chi connectivity index (χ0) is 14.0. The molecule has 0 aliphatic carbocycles. The highest BCUT2D eigenvalue weighted by Gasteiger charge is 2.13. The van der Waals surface area contributed by atoms with Crippen molar-refractivity contribution in [2.75, 3.05) is 12.8 Å². The average Bonchev–Trinajstić information content (AvgIpc) is 2.37. The van der Waals surface area contributed by atoms with Gasteiger partial charge in [0, 0.05) is 0 Å². The van der Waals surface area contributed by atoms with Gasteiger partial charge in [-0.15, -0.1) is 0 Å². The molecule has 0 amide bonds. The van der Waals surface area contributed by atoms with Crippen LogP contribution in [0.25, 0.3) is 0 Å². The van der Waals surface area contributed by atoms with Crippen LogP contribution in [0.4, 0.5) is 5.69 Å². The third-order valence-corrected chi connectivity index (χ3v) is 2.77. The summed E-state index contributed by atoms with van der Waals surface area (Å²) < 4.78 is 10.9. The summed E-state index contributed by atoms with van der Waals surface area (Å²) in [6, 6.07) is 5.56. The molecule has 2 aromatic rings. The van der Waals surface area contributed by atoms with E-state index in [-0.39, 0.29) is 11.2 Å². The monoisotopic (exact) mass is 279 g/mol. The molecule has 0 aliphatic rings. The Hall–Kier alpha value is -2.01. The van der Waals surface area contributed by atoms with Crippen molar-refractivity contribution in [3.05, 3.63) is 34.7 Å². The van der Waals surface area contributed by atoms with Crippen molar-refractivity contribution in [1.29, 1.82) is 0 Å². The van der Waals surface area contributed by atoms with Crippen LogP contribution in [0.2, 0.25) is 5.28 Å². The summed E-state index contributed by atoms with van der Waals surface area (Å²) in [5.74, 6) is 1.35. The van der Waals surface area contributed by atoms with Gasteiger partial charge in [-0.2, -0.15) is 4.98 Å². The van der Waals surface area contributed by atoms with Crippen molar-refractivity contribution in [2.45, 2.75) is 13.8 Å². The van der Waals surface area contributed by atoms with E-state index >= 15 is 0 Å². The number of halogens is 1. The normalized spacial score (nSPS) is 10.3. The van der Waals surface area contributed by atoms with Gasteiger partial charge in [0.05, 0.1) is 12.8 Å². The molecule has 0 spiro atoms. The van der Waals surface area contributed by atoms with Crippen LogP contribution in [0.15, 0.2) is 18.2 Å². The predicted molar refractivity (Wildman–Crippen MR) is 74.0 cm³/mol. The van der Waals surface area contributed by atoms with Crippen molar-refractivity contribution in [3.63, 3.8) is 0 Å². The van der Waals surface area contributed by atoms with E-state index in [2.05, 4.69) is 9.97 Å². The first-order valence-electron chi connectivity index (χ1n) is 5.63. The van der Waals surface area contributed by atoms with E-state index in [1.165, 1.54) is 0 Å². The number of nitrogens with zero attached hydrogens (tertiary/aromatic N) is 2. The van der Waals surface area contributed by atoms with E-state index in [0.717, 1.165) is 5.56 Å². The van der Waals surface area contributed by atoms with E-state index < -0.39 is 0 Å². The summed E-state index contributed by atoms with van der Waals surface area (Å²) >= 11 is 5.80. The lowest BCUT2D eigenvalue weighted by molar-refractivity contribution is 0.374. The minimum atomic E-state index is 0.0905. The van der Waals surface area contributed by atoms with Crippen LogP contribution in [-0.4, -0.2) is 17.1 Å². The van der Waals surface area contributed by atoms with Gasteiger partial charge >= 0.3 is 0 Å². The van der Waals surface area contributed by atoms with Crippen LogP contribution in [-0.2, 0) is 0 Å². The van der Waals surface area contributed by atoms with Crippen molar-refractivity contribution >= 4 is 17.3 Å². The minimum absolute atomic E-state index is 0.0905. The molecule has 0 unspecified atom stereocenters. The van der Waals surface area contributed by atoms with E-state index in [1.807, 2.05) is 19.1 Å². The maximum Gasteiger partial charge on any atom is 0.247 e. The molecule has 0 bridgehead atoms. The number of benzene rings is 1. The molecule has 1 heterocycles. The van der Waals surface area contributed by atoms with Gasteiger partial charge in [0.15, 0.2) is 11.5 Å². The molecule has 2 N–H and O–H groups in total. The molecule has 0 radical (unpaired) electrons. The third-order valence-electron chi connectivity index (χ3n) is 2.60. The van der Waals surface area contributed by atoms with Crippen molar-refractivity contribution in [2.24, 2.45) is 0 Å². The number of hydrogen-bond donors (Lipinski definition) is 1. The topological polar surface area (TPSA) is 70.3 Å². The van der Waals surface area contributed by atoms with Crippen LogP contribution in [0, 0.1) is 13.8 Å². The molecular weight excluding hydrogens is 266 g/mol. The van der Waals surface area contributed by atoms with Crippen LogP contribution >= 0.6 is 11.6 Å². The second-order valence-electron chi connectivity index (χ2n) is 4.05. The number of aromatic nitrogens is 2. The van der Waals surface area contributed by atoms with Crippen LogP contribution in [0.5, 0.6) is 17.4 Å². The van der Waals surface area contributed by atoms with Gasteiger partial charge in [-0.1, -0.05) is 6.07 Å². The summed E-state index contributed by atoms with van der Waals surface area (Å²) in [5.41, 5.74) is 7.86. The number of ether oxygens (including phenoxy) is 2. The minimum Gasteiger partial charge on any atom is -0.493 e. The number of rotatable bonds is 3. The molecule has 0 saturated heterocycles. The fraction of sp³-hybridized carbons (Fsp3) is 0.231. The molecule has 1 aromatic heterocycles. The lowest BCUT2D eigenvalue weighted by Crippen LogP contribution is -2.01. The number of hydrogen-bond acceptors (Lipinski definition) is 5. The highest BCUT2D eigenvalue weighted by Crippen LogP contribution is 2.34. The Morgan fingerprint density at radius 2 is 1.89 bits per heavy atom. The number of aryl methyl sites for hydroxylation is 2. The van der Waals surface area contributed by atoms with E-state index in [0.29, 0.717) is 22.9 Å². The fourth-order valence-electron chi connectivity index (χ4n) is 1.56. The number of nitrogen functional groups attached to an aromatic ring is 1. The fourth-order valence-corrected chi connectivity index (χ4v) is 1.77.